The van der Waals surface area contributed by atoms with E-state index in [9.17, 15) is 9.18 Å². The van der Waals surface area contributed by atoms with E-state index in [0.29, 0.717) is 18.2 Å². The van der Waals surface area contributed by atoms with Crippen molar-refractivity contribution < 1.29 is 9.18 Å². The van der Waals surface area contributed by atoms with Crippen LogP contribution in [0.4, 0.5) is 20.8 Å². The summed E-state index contributed by atoms with van der Waals surface area (Å²) in [7, 11) is 3.75. The van der Waals surface area contributed by atoms with Gasteiger partial charge in [0.05, 0.1) is 0 Å². The van der Waals surface area contributed by atoms with Crippen molar-refractivity contribution in [2.45, 2.75) is 31.8 Å². The predicted molar refractivity (Wildman–Crippen MR) is 95.0 cm³/mol. The van der Waals surface area contributed by atoms with Crippen molar-refractivity contribution in [3.63, 3.8) is 0 Å². The SMILES string of the molecule is CN(C)c1cc(NC(=O)N(Cc2cccc(F)c2)C2CCC2)ncn1. The summed E-state index contributed by atoms with van der Waals surface area (Å²) in [6.45, 7) is 0.375. The van der Waals surface area contributed by atoms with Gasteiger partial charge < -0.3 is 9.80 Å². The number of hydrogen-bond donors (Lipinski definition) is 1. The van der Waals surface area contributed by atoms with E-state index < -0.39 is 0 Å². The van der Waals surface area contributed by atoms with Gasteiger partial charge in [0.2, 0.25) is 0 Å². The first-order valence-electron chi connectivity index (χ1n) is 8.34. The Kier molecular flexibility index (Phi) is 5.11. The van der Waals surface area contributed by atoms with Crippen LogP contribution in [0.2, 0.25) is 0 Å². The molecule has 7 heteroatoms. The summed E-state index contributed by atoms with van der Waals surface area (Å²) in [5, 5.41) is 2.84. The third-order valence-electron chi connectivity index (χ3n) is 4.36. The van der Waals surface area contributed by atoms with Crippen LogP contribution in [0.5, 0.6) is 0 Å². The zero-order valence-corrected chi connectivity index (χ0v) is 14.4. The van der Waals surface area contributed by atoms with Crippen molar-refractivity contribution in [1.29, 1.82) is 0 Å². The maximum Gasteiger partial charge on any atom is 0.323 e. The van der Waals surface area contributed by atoms with Gasteiger partial charge in [-0.25, -0.2) is 19.2 Å². The normalized spacial score (nSPS) is 13.9. The van der Waals surface area contributed by atoms with Crippen molar-refractivity contribution in [2.75, 3.05) is 24.3 Å². The number of nitrogens with zero attached hydrogens (tertiary/aromatic N) is 4. The van der Waals surface area contributed by atoms with Crippen LogP contribution < -0.4 is 10.2 Å². The molecule has 25 heavy (non-hydrogen) atoms. The molecule has 2 aromatic rings. The molecule has 0 atom stereocenters. The highest BCUT2D eigenvalue weighted by molar-refractivity contribution is 5.89. The molecule has 1 fully saturated rings. The molecule has 0 spiro atoms. The number of rotatable bonds is 5. The molecule has 0 radical (unpaired) electrons. The number of nitrogens with one attached hydrogen (secondary N) is 1. The molecule has 0 unspecified atom stereocenters. The third-order valence-corrected chi connectivity index (χ3v) is 4.36. The Morgan fingerprint density at radius 3 is 2.72 bits per heavy atom. The first-order chi connectivity index (χ1) is 12.0. The average Bonchev–Trinajstić information content (AvgIpc) is 2.53. The Balaban J connectivity index is 1.74. The Labute approximate surface area is 146 Å². The highest BCUT2D eigenvalue weighted by Gasteiger charge is 2.29. The minimum Gasteiger partial charge on any atom is -0.363 e. The van der Waals surface area contributed by atoms with Crippen LogP contribution in [0.25, 0.3) is 0 Å². The molecular weight excluding hydrogens is 321 g/mol. The van der Waals surface area contributed by atoms with Gasteiger partial charge in [-0.3, -0.25) is 5.32 Å². The summed E-state index contributed by atoms with van der Waals surface area (Å²) in [5.41, 5.74) is 0.777. The number of benzene rings is 1. The molecule has 132 valence electrons. The summed E-state index contributed by atoms with van der Waals surface area (Å²) in [6, 6.07) is 8.04. The summed E-state index contributed by atoms with van der Waals surface area (Å²) in [4.78, 5) is 24.6. The number of amides is 2. The van der Waals surface area contributed by atoms with E-state index in [1.54, 1.807) is 17.0 Å². The quantitative estimate of drug-likeness (QED) is 0.905. The molecule has 6 nitrogen and oxygen atoms in total. The molecule has 0 bridgehead atoms. The first-order valence-corrected chi connectivity index (χ1v) is 8.34. The van der Waals surface area contributed by atoms with Crippen molar-refractivity contribution in [3.05, 3.63) is 48.0 Å². The van der Waals surface area contributed by atoms with Crippen LogP contribution in [-0.4, -0.2) is 41.0 Å². The fourth-order valence-electron chi connectivity index (χ4n) is 2.74. The lowest BCUT2D eigenvalue weighted by Crippen LogP contribution is -2.45. The van der Waals surface area contributed by atoms with Gasteiger partial charge >= 0.3 is 6.03 Å². The van der Waals surface area contributed by atoms with Gasteiger partial charge in [-0.1, -0.05) is 12.1 Å². The number of carbonyl (C=O) groups is 1. The van der Waals surface area contributed by atoms with Gasteiger partial charge in [0.25, 0.3) is 0 Å². The van der Waals surface area contributed by atoms with E-state index in [1.165, 1.54) is 18.5 Å². The lowest BCUT2D eigenvalue weighted by atomic mass is 9.91. The Hall–Kier alpha value is -2.70. The largest absolute Gasteiger partial charge is 0.363 e. The molecule has 1 heterocycles. The van der Waals surface area contributed by atoms with Gasteiger partial charge in [-0.2, -0.15) is 0 Å². The fourth-order valence-corrected chi connectivity index (χ4v) is 2.74. The van der Waals surface area contributed by atoms with Gasteiger partial charge in [0.1, 0.15) is 23.8 Å². The van der Waals surface area contributed by atoms with Crippen molar-refractivity contribution in [2.24, 2.45) is 0 Å². The van der Waals surface area contributed by atoms with E-state index in [0.717, 1.165) is 24.8 Å². The van der Waals surface area contributed by atoms with E-state index in [4.69, 9.17) is 0 Å². The van der Waals surface area contributed by atoms with Crippen LogP contribution in [0.3, 0.4) is 0 Å². The van der Waals surface area contributed by atoms with Crippen LogP contribution in [0, 0.1) is 5.82 Å². The molecular formula is C18H22FN5O. The molecule has 1 aliphatic rings. The van der Waals surface area contributed by atoms with Crippen LogP contribution in [-0.2, 0) is 6.54 Å². The van der Waals surface area contributed by atoms with Crippen molar-refractivity contribution in [1.82, 2.24) is 14.9 Å². The number of urea groups is 1. The van der Waals surface area contributed by atoms with Crippen molar-refractivity contribution in [3.8, 4) is 0 Å². The molecule has 1 aliphatic carbocycles. The second-order valence-corrected chi connectivity index (χ2v) is 6.43. The minimum atomic E-state index is -0.294. The minimum absolute atomic E-state index is 0.179. The van der Waals surface area contributed by atoms with E-state index in [-0.39, 0.29) is 17.9 Å². The van der Waals surface area contributed by atoms with E-state index in [2.05, 4.69) is 15.3 Å². The fraction of sp³-hybridized carbons (Fsp3) is 0.389. The summed E-state index contributed by atoms with van der Waals surface area (Å²) in [5.74, 6) is 0.871. The lowest BCUT2D eigenvalue weighted by molar-refractivity contribution is 0.143. The molecule has 1 N–H and O–H groups in total. The van der Waals surface area contributed by atoms with Crippen molar-refractivity contribution >= 4 is 17.7 Å². The zero-order valence-electron chi connectivity index (χ0n) is 14.4. The summed E-state index contributed by atoms with van der Waals surface area (Å²) >= 11 is 0. The summed E-state index contributed by atoms with van der Waals surface area (Å²) < 4.78 is 13.4. The smallest absolute Gasteiger partial charge is 0.323 e. The maximum absolute atomic E-state index is 13.4. The Morgan fingerprint density at radius 1 is 1.28 bits per heavy atom. The highest BCUT2D eigenvalue weighted by Crippen LogP contribution is 2.27. The highest BCUT2D eigenvalue weighted by atomic mass is 19.1. The standard InChI is InChI=1S/C18H22FN5O/c1-23(2)17-10-16(20-12-21-17)22-18(25)24(15-7-4-8-15)11-13-5-3-6-14(19)9-13/h3,5-6,9-10,12,15H,4,7-8,11H2,1-2H3,(H,20,21,22,25). The van der Waals surface area contributed by atoms with Gasteiger partial charge in [0.15, 0.2) is 0 Å². The zero-order chi connectivity index (χ0) is 17.8. The molecule has 2 amide bonds. The molecule has 1 saturated carbocycles. The Morgan fingerprint density at radius 2 is 2.08 bits per heavy atom. The molecule has 0 saturated heterocycles. The van der Waals surface area contributed by atoms with E-state index in [1.807, 2.05) is 25.1 Å². The van der Waals surface area contributed by atoms with Gasteiger partial charge in [-0.15, -0.1) is 0 Å². The van der Waals surface area contributed by atoms with E-state index >= 15 is 0 Å². The second-order valence-electron chi connectivity index (χ2n) is 6.43. The predicted octanol–water partition coefficient (Wildman–Crippen LogP) is 3.27. The molecule has 1 aromatic heterocycles. The Bertz CT molecular complexity index is 748. The number of carbonyl (C=O) groups excluding carboxylic acids is 1. The topological polar surface area (TPSA) is 61.4 Å². The number of aromatic nitrogens is 2. The molecule has 1 aromatic carbocycles. The molecule has 0 aliphatic heterocycles. The number of halogens is 1. The van der Waals surface area contributed by atoms with Crippen LogP contribution in [0.15, 0.2) is 36.7 Å². The molecule has 3 rings (SSSR count). The van der Waals surface area contributed by atoms with Crippen LogP contribution in [0.1, 0.15) is 24.8 Å². The van der Waals surface area contributed by atoms with Gasteiger partial charge in [0, 0.05) is 32.7 Å². The van der Waals surface area contributed by atoms with Gasteiger partial charge in [-0.05, 0) is 37.0 Å². The number of anilines is 2. The van der Waals surface area contributed by atoms with Crippen LogP contribution >= 0.6 is 0 Å². The lowest BCUT2D eigenvalue weighted by Gasteiger charge is -2.37. The third kappa shape index (κ3) is 4.23. The summed E-state index contributed by atoms with van der Waals surface area (Å²) in [6.07, 6.45) is 4.46. The maximum atomic E-state index is 13.4. The first kappa shape index (κ1) is 17.1. The monoisotopic (exact) mass is 343 g/mol. The number of hydrogen-bond acceptors (Lipinski definition) is 4. The second kappa shape index (κ2) is 7.46. The average molecular weight is 343 g/mol.